The van der Waals surface area contributed by atoms with E-state index in [1.807, 2.05) is 6.92 Å². The zero-order valence-corrected chi connectivity index (χ0v) is 11.4. The van der Waals surface area contributed by atoms with Gasteiger partial charge in [-0.25, -0.2) is 9.37 Å². The Hall–Kier alpha value is -1.62. The molecule has 0 aliphatic carbocycles. The van der Waals surface area contributed by atoms with Gasteiger partial charge < -0.3 is 10.5 Å². The summed E-state index contributed by atoms with van der Waals surface area (Å²) < 4.78 is 19.8. The van der Waals surface area contributed by atoms with E-state index in [1.165, 1.54) is 6.07 Å². The lowest BCUT2D eigenvalue weighted by molar-refractivity contribution is 0.300. The molecule has 0 saturated carbocycles. The highest BCUT2D eigenvalue weighted by molar-refractivity contribution is 9.10. The molecule has 0 fully saturated rings. The molecule has 0 aliphatic rings. The molecule has 0 atom stereocenters. The highest BCUT2D eigenvalue weighted by atomic mass is 79.9. The molecular formula is C13H12BrFN2O. The van der Waals surface area contributed by atoms with Gasteiger partial charge in [0.2, 0.25) is 0 Å². The number of nitrogens with zero attached hydrogens (tertiary/aromatic N) is 1. The molecule has 3 nitrogen and oxygen atoms in total. The molecule has 0 spiro atoms. The minimum absolute atomic E-state index is 0.111. The number of halogens is 2. The Bertz CT molecular complexity index is 575. The predicted molar refractivity (Wildman–Crippen MR) is 71.8 cm³/mol. The van der Waals surface area contributed by atoms with Crippen molar-refractivity contribution in [3.05, 3.63) is 51.9 Å². The quantitative estimate of drug-likeness (QED) is 0.944. The van der Waals surface area contributed by atoms with Gasteiger partial charge in [0.15, 0.2) is 11.6 Å². The van der Waals surface area contributed by atoms with E-state index in [9.17, 15) is 4.39 Å². The average molecular weight is 311 g/mol. The second kappa shape index (κ2) is 5.35. The van der Waals surface area contributed by atoms with E-state index in [-0.39, 0.29) is 12.4 Å². The van der Waals surface area contributed by atoms with Gasteiger partial charge in [-0.15, -0.1) is 0 Å². The zero-order chi connectivity index (χ0) is 13.1. The maximum atomic E-state index is 13.5. The van der Waals surface area contributed by atoms with E-state index in [2.05, 4.69) is 20.9 Å². The fraction of sp³-hybridized carbons (Fsp3) is 0.154. The second-order valence-corrected chi connectivity index (χ2v) is 4.78. The van der Waals surface area contributed by atoms with E-state index >= 15 is 0 Å². The number of hydrogen-bond acceptors (Lipinski definition) is 3. The van der Waals surface area contributed by atoms with Gasteiger partial charge in [0.25, 0.3) is 0 Å². The van der Waals surface area contributed by atoms with Crippen LogP contribution in [0.25, 0.3) is 0 Å². The SMILES string of the molecule is Cc1ccc(OCc2cc(Br)ccc2F)c(N)n1. The Kier molecular flexibility index (Phi) is 3.81. The van der Waals surface area contributed by atoms with E-state index in [4.69, 9.17) is 10.5 Å². The van der Waals surface area contributed by atoms with Gasteiger partial charge in [-0.3, -0.25) is 0 Å². The average Bonchev–Trinajstić information content (AvgIpc) is 2.32. The van der Waals surface area contributed by atoms with Crippen molar-refractivity contribution in [2.24, 2.45) is 0 Å². The van der Waals surface area contributed by atoms with Crippen LogP contribution in [0.4, 0.5) is 10.2 Å². The third-order valence-corrected chi connectivity index (χ3v) is 2.91. The highest BCUT2D eigenvalue weighted by Gasteiger charge is 2.06. The van der Waals surface area contributed by atoms with Crippen LogP contribution in [0.15, 0.2) is 34.8 Å². The fourth-order valence-corrected chi connectivity index (χ4v) is 1.90. The number of benzene rings is 1. The summed E-state index contributed by atoms with van der Waals surface area (Å²) in [6.07, 6.45) is 0. The van der Waals surface area contributed by atoms with Crippen LogP contribution in [0, 0.1) is 12.7 Å². The van der Waals surface area contributed by atoms with Crippen molar-refractivity contribution < 1.29 is 9.13 Å². The van der Waals surface area contributed by atoms with Crippen LogP contribution in [-0.4, -0.2) is 4.98 Å². The van der Waals surface area contributed by atoms with Crippen LogP contribution >= 0.6 is 15.9 Å². The number of ether oxygens (including phenoxy) is 1. The fourth-order valence-electron chi connectivity index (χ4n) is 1.50. The van der Waals surface area contributed by atoms with E-state index in [0.29, 0.717) is 17.1 Å². The molecule has 2 N–H and O–H groups in total. The van der Waals surface area contributed by atoms with Gasteiger partial charge in [-0.1, -0.05) is 15.9 Å². The molecular weight excluding hydrogens is 299 g/mol. The summed E-state index contributed by atoms with van der Waals surface area (Å²) in [5.74, 6) is 0.460. The Morgan fingerprint density at radius 1 is 1.33 bits per heavy atom. The third-order valence-electron chi connectivity index (χ3n) is 2.42. The highest BCUT2D eigenvalue weighted by Crippen LogP contribution is 2.22. The van der Waals surface area contributed by atoms with Crippen molar-refractivity contribution in [1.29, 1.82) is 0 Å². The Morgan fingerprint density at radius 3 is 2.83 bits per heavy atom. The number of hydrogen-bond donors (Lipinski definition) is 1. The normalized spacial score (nSPS) is 10.4. The molecule has 0 bridgehead atoms. The van der Waals surface area contributed by atoms with Crippen molar-refractivity contribution >= 4 is 21.7 Å². The summed E-state index contributed by atoms with van der Waals surface area (Å²) in [5, 5.41) is 0. The van der Waals surface area contributed by atoms with Crippen molar-refractivity contribution in [3.63, 3.8) is 0 Å². The van der Waals surface area contributed by atoms with Crippen LogP contribution in [0.2, 0.25) is 0 Å². The monoisotopic (exact) mass is 310 g/mol. The number of aromatic nitrogens is 1. The number of anilines is 1. The van der Waals surface area contributed by atoms with Gasteiger partial charge in [-0.2, -0.15) is 0 Å². The topological polar surface area (TPSA) is 48.1 Å². The minimum atomic E-state index is -0.308. The summed E-state index contributed by atoms with van der Waals surface area (Å²) in [4.78, 5) is 4.08. The van der Waals surface area contributed by atoms with E-state index in [0.717, 1.165) is 10.2 Å². The van der Waals surface area contributed by atoms with Gasteiger partial charge in [0.1, 0.15) is 12.4 Å². The summed E-state index contributed by atoms with van der Waals surface area (Å²) in [6.45, 7) is 1.95. The van der Waals surface area contributed by atoms with Crippen molar-refractivity contribution in [2.45, 2.75) is 13.5 Å². The molecule has 1 heterocycles. The van der Waals surface area contributed by atoms with Crippen LogP contribution in [-0.2, 0) is 6.61 Å². The van der Waals surface area contributed by atoms with Crippen LogP contribution in [0.1, 0.15) is 11.3 Å². The van der Waals surface area contributed by atoms with E-state index < -0.39 is 0 Å². The first kappa shape index (κ1) is 12.8. The molecule has 1 aromatic heterocycles. The molecule has 2 aromatic rings. The van der Waals surface area contributed by atoms with Crippen LogP contribution in [0.3, 0.4) is 0 Å². The predicted octanol–water partition coefficient (Wildman–Crippen LogP) is 3.45. The van der Waals surface area contributed by atoms with Crippen molar-refractivity contribution in [3.8, 4) is 5.75 Å². The number of rotatable bonds is 3. The van der Waals surface area contributed by atoms with Gasteiger partial charge >= 0.3 is 0 Å². The molecule has 5 heteroatoms. The first-order chi connectivity index (χ1) is 8.56. The zero-order valence-electron chi connectivity index (χ0n) is 9.78. The number of nitrogens with two attached hydrogens (primary N) is 1. The third kappa shape index (κ3) is 2.98. The first-order valence-electron chi connectivity index (χ1n) is 5.36. The summed E-state index contributed by atoms with van der Waals surface area (Å²) in [7, 11) is 0. The molecule has 0 aliphatic heterocycles. The number of pyridine rings is 1. The Balaban J connectivity index is 2.13. The van der Waals surface area contributed by atoms with Crippen molar-refractivity contribution in [2.75, 3.05) is 5.73 Å². The lowest BCUT2D eigenvalue weighted by atomic mass is 10.2. The van der Waals surface area contributed by atoms with Crippen LogP contribution < -0.4 is 10.5 Å². The van der Waals surface area contributed by atoms with Gasteiger partial charge in [0.05, 0.1) is 0 Å². The first-order valence-corrected chi connectivity index (χ1v) is 6.15. The maximum absolute atomic E-state index is 13.5. The summed E-state index contributed by atoms with van der Waals surface area (Å²) >= 11 is 3.29. The molecule has 1 aromatic carbocycles. The Morgan fingerprint density at radius 2 is 2.11 bits per heavy atom. The van der Waals surface area contributed by atoms with Crippen molar-refractivity contribution in [1.82, 2.24) is 4.98 Å². The molecule has 94 valence electrons. The number of aryl methyl sites for hydroxylation is 1. The number of nitrogen functional groups attached to an aromatic ring is 1. The van der Waals surface area contributed by atoms with Gasteiger partial charge in [0, 0.05) is 15.7 Å². The van der Waals surface area contributed by atoms with Crippen LogP contribution in [0.5, 0.6) is 5.75 Å². The standard InChI is InChI=1S/C13H12BrFN2O/c1-8-2-5-12(13(16)17-8)18-7-9-6-10(14)3-4-11(9)15/h2-6H,7H2,1H3,(H2,16,17). The molecule has 18 heavy (non-hydrogen) atoms. The summed E-state index contributed by atoms with van der Waals surface area (Å²) in [5.41, 5.74) is 6.99. The molecule has 0 unspecified atom stereocenters. The molecule has 0 amide bonds. The van der Waals surface area contributed by atoms with E-state index in [1.54, 1.807) is 24.3 Å². The largest absolute Gasteiger partial charge is 0.485 e. The Labute approximate surface area is 113 Å². The smallest absolute Gasteiger partial charge is 0.166 e. The van der Waals surface area contributed by atoms with Gasteiger partial charge in [-0.05, 0) is 37.3 Å². The minimum Gasteiger partial charge on any atom is -0.485 e. The molecule has 0 saturated heterocycles. The second-order valence-electron chi connectivity index (χ2n) is 3.86. The molecule has 0 radical (unpaired) electrons. The maximum Gasteiger partial charge on any atom is 0.166 e. The lowest BCUT2D eigenvalue weighted by Crippen LogP contribution is -2.02. The molecule has 2 rings (SSSR count). The summed E-state index contributed by atoms with van der Waals surface area (Å²) in [6, 6.07) is 8.23. The lowest BCUT2D eigenvalue weighted by Gasteiger charge is -2.09.